The lowest BCUT2D eigenvalue weighted by Gasteiger charge is -2.03. The summed E-state index contributed by atoms with van der Waals surface area (Å²) in [6.45, 7) is 0. The van der Waals surface area contributed by atoms with Crippen LogP contribution >= 0.6 is 34.8 Å². The van der Waals surface area contributed by atoms with E-state index >= 15 is 0 Å². The summed E-state index contributed by atoms with van der Waals surface area (Å²) < 4.78 is 5.69. The Hall–Kier alpha value is -1.37. The minimum absolute atomic E-state index is 0.0752. The molecule has 94 valence electrons. The molecule has 2 heterocycles. The van der Waals surface area contributed by atoms with Crippen molar-refractivity contribution in [1.82, 2.24) is 19.7 Å². The van der Waals surface area contributed by atoms with E-state index in [2.05, 4.69) is 19.8 Å². The number of aromatic nitrogens is 4. The monoisotopic (exact) mass is 306 g/mol. The summed E-state index contributed by atoms with van der Waals surface area (Å²) in [6, 6.07) is 1.42. The Morgan fingerprint density at radius 2 is 2.06 bits per heavy atom. The molecule has 9 heteroatoms. The van der Waals surface area contributed by atoms with Crippen molar-refractivity contribution < 1.29 is 9.53 Å². The van der Waals surface area contributed by atoms with E-state index in [0.29, 0.717) is 0 Å². The van der Waals surface area contributed by atoms with E-state index in [4.69, 9.17) is 34.8 Å². The van der Waals surface area contributed by atoms with Gasteiger partial charge in [-0.15, -0.1) is 5.10 Å². The van der Waals surface area contributed by atoms with E-state index in [0.717, 1.165) is 0 Å². The van der Waals surface area contributed by atoms with Crippen LogP contribution in [-0.2, 0) is 4.74 Å². The van der Waals surface area contributed by atoms with Crippen LogP contribution in [0.5, 0.6) is 0 Å². The predicted octanol–water partition coefficient (Wildman–Crippen LogP) is 2.41. The standard InChI is InChI=1S/C9H5Cl3N4O2/c1-18-9(17)7-13-3-16(15-7)8-5(11)2-4(10)6(12)14-8/h2-3H,1H3. The second-order valence-electron chi connectivity index (χ2n) is 3.07. The van der Waals surface area contributed by atoms with Crippen LogP contribution in [0.4, 0.5) is 0 Å². The van der Waals surface area contributed by atoms with Crippen LogP contribution in [0.1, 0.15) is 10.6 Å². The first-order valence-corrected chi connectivity index (χ1v) is 5.68. The van der Waals surface area contributed by atoms with Crippen molar-refractivity contribution in [3.63, 3.8) is 0 Å². The molecule has 6 nitrogen and oxygen atoms in total. The number of carbonyl (C=O) groups is 1. The summed E-state index contributed by atoms with van der Waals surface area (Å²) in [5.41, 5.74) is 0. The summed E-state index contributed by atoms with van der Waals surface area (Å²) in [5, 5.41) is 4.39. The van der Waals surface area contributed by atoms with Crippen LogP contribution in [0.2, 0.25) is 15.2 Å². The van der Waals surface area contributed by atoms with Crippen LogP contribution in [0, 0.1) is 0 Å². The number of pyridine rings is 1. The normalized spacial score (nSPS) is 10.4. The van der Waals surface area contributed by atoms with Crippen LogP contribution in [0.3, 0.4) is 0 Å². The van der Waals surface area contributed by atoms with Crippen LogP contribution < -0.4 is 0 Å². The molecular weight excluding hydrogens is 302 g/mol. The Morgan fingerprint density at radius 3 is 2.72 bits per heavy atom. The number of hydrogen-bond donors (Lipinski definition) is 0. The van der Waals surface area contributed by atoms with Crippen molar-refractivity contribution in [2.24, 2.45) is 0 Å². The number of esters is 1. The lowest BCUT2D eigenvalue weighted by atomic mass is 10.4. The fourth-order valence-electron chi connectivity index (χ4n) is 1.15. The number of methoxy groups -OCH3 is 1. The smallest absolute Gasteiger partial charge is 0.377 e. The zero-order chi connectivity index (χ0) is 13.3. The SMILES string of the molecule is COC(=O)c1ncn(-c2nc(Cl)c(Cl)cc2Cl)n1. The molecule has 0 amide bonds. The molecule has 0 atom stereocenters. The molecule has 0 unspecified atom stereocenters. The highest BCUT2D eigenvalue weighted by Crippen LogP contribution is 2.27. The molecule has 0 bridgehead atoms. The molecule has 0 saturated heterocycles. The van der Waals surface area contributed by atoms with Gasteiger partial charge in [0.15, 0.2) is 5.82 Å². The van der Waals surface area contributed by atoms with Gasteiger partial charge in [0.25, 0.3) is 5.82 Å². The minimum atomic E-state index is -0.662. The van der Waals surface area contributed by atoms with Crippen molar-refractivity contribution in [3.05, 3.63) is 33.4 Å². The van der Waals surface area contributed by atoms with Crippen LogP contribution in [0.15, 0.2) is 12.4 Å². The van der Waals surface area contributed by atoms with Gasteiger partial charge in [-0.25, -0.2) is 19.4 Å². The molecule has 0 aromatic carbocycles. The van der Waals surface area contributed by atoms with E-state index in [9.17, 15) is 4.79 Å². The third kappa shape index (κ3) is 2.40. The lowest BCUT2D eigenvalue weighted by Crippen LogP contribution is -2.06. The summed E-state index contributed by atoms with van der Waals surface area (Å²) >= 11 is 17.5. The first-order chi connectivity index (χ1) is 8.52. The zero-order valence-electron chi connectivity index (χ0n) is 8.89. The Bertz CT molecular complexity index is 614. The topological polar surface area (TPSA) is 69.9 Å². The Balaban J connectivity index is 2.46. The molecule has 2 rings (SSSR count). The first kappa shape index (κ1) is 13.1. The Labute approximate surface area is 116 Å². The molecule has 0 aliphatic heterocycles. The van der Waals surface area contributed by atoms with E-state index in [-0.39, 0.29) is 26.8 Å². The Morgan fingerprint density at radius 1 is 1.33 bits per heavy atom. The maximum absolute atomic E-state index is 11.2. The van der Waals surface area contributed by atoms with Gasteiger partial charge in [-0.2, -0.15) is 0 Å². The maximum Gasteiger partial charge on any atom is 0.377 e. The summed E-state index contributed by atoms with van der Waals surface area (Å²) in [4.78, 5) is 18.9. The van der Waals surface area contributed by atoms with Crippen LogP contribution in [-0.4, -0.2) is 32.8 Å². The quantitative estimate of drug-likeness (QED) is 0.629. The zero-order valence-corrected chi connectivity index (χ0v) is 11.2. The largest absolute Gasteiger partial charge is 0.463 e. The third-order valence-electron chi connectivity index (χ3n) is 1.95. The molecule has 0 radical (unpaired) electrons. The number of nitrogens with zero attached hydrogens (tertiary/aromatic N) is 4. The fraction of sp³-hybridized carbons (Fsp3) is 0.111. The van der Waals surface area contributed by atoms with Gasteiger partial charge in [0.05, 0.1) is 17.2 Å². The number of rotatable bonds is 2. The van der Waals surface area contributed by atoms with Gasteiger partial charge in [0.1, 0.15) is 11.5 Å². The molecule has 0 N–H and O–H groups in total. The molecular formula is C9H5Cl3N4O2. The van der Waals surface area contributed by atoms with Gasteiger partial charge in [-0.3, -0.25) is 0 Å². The third-order valence-corrected chi connectivity index (χ3v) is 2.90. The number of ether oxygens (including phenoxy) is 1. The van der Waals surface area contributed by atoms with E-state index in [1.165, 1.54) is 24.2 Å². The van der Waals surface area contributed by atoms with Crippen molar-refractivity contribution in [2.75, 3.05) is 7.11 Å². The molecule has 0 saturated carbocycles. The van der Waals surface area contributed by atoms with Gasteiger partial charge in [0, 0.05) is 0 Å². The van der Waals surface area contributed by atoms with E-state index in [1.54, 1.807) is 0 Å². The van der Waals surface area contributed by atoms with Crippen LogP contribution in [0.25, 0.3) is 5.82 Å². The highest BCUT2D eigenvalue weighted by molar-refractivity contribution is 6.42. The first-order valence-electron chi connectivity index (χ1n) is 4.55. The van der Waals surface area contributed by atoms with Gasteiger partial charge in [-0.05, 0) is 6.07 Å². The molecule has 0 spiro atoms. The summed E-state index contributed by atoms with van der Waals surface area (Å²) in [5.74, 6) is -0.555. The second-order valence-corrected chi connectivity index (χ2v) is 4.24. The minimum Gasteiger partial charge on any atom is -0.463 e. The highest BCUT2D eigenvalue weighted by Gasteiger charge is 2.15. The number of hydrogen-bond acceptors (Lipinski definition) is 5. The molecule has 18 heavy (non-hydrogen) atoms. The van der Waals surface area contributed by atoms with E-state index < -0.39 is 5.97 Å². The highest BCUT2D eigenvalue weighted by atomic mass is 35.5. The van der Waals surface area contributed by atoms with Gasteiger partial charge in [-0.1, -0.05) is 34.8 Å². The average molecular weight is 308 g/mol. The number of halogens is 3. The fourth-order valence-corrected chi connectivity index (χ4v) is 1.73. The number of carbonyl (C=O) groups excluding carboxylic acids is 1. The van der Waals surface area contributed by atoms with Gasteiger partial charge >= 0.3 is 5.97 Å². The summed E-state index contributed by atoms with van der Waals surface area (Å²) in [6.07, 6.45) is 1.27. The van der Waals surface area contributed by atoms with Crippen molar-refractivity contribution in [1.29, 1.82) is 0 Å². The van der Waals surface area contributed by atoms with Crippen molar-refractivity contribution in [3.8, 4) is 5.82 Å². The summed E-state index contributed by atoms with van der Waals surface area (Å²) in [7, 11) is 1.23. The maximum atomic E-state index is 11.2. The Kier molecular flexibility index (Phi) is 3.70. The van der Waals surface area contributed by atoms with Crippen molar-refractivity contribution in [2.45, 2.75) is 0 Å². The molecule has 0 aliphatic rings. The van der Waals surface area contributed by atoms with Gasteiger partial charge in [0.2, 0.25) is 0 Å². The predicted molar refractivity (Wildman–Crippen MR) is 65.5 cm³/mol. The molecule has 2 aromatic rings. The second kappa shape index (κ2) is 5.09. The molecule has 0 fully saturated rings. The van der Waals surface area contributed by atoms with E-state index in [1.807, 2.05) is 0 Å². The molecule has 0 aliphatic carbocycles. The average Bonchev–Trinajstić information content (AvgIpc) is 2.82. The molecule has 2 aromatic heterocycles. The van der Waals surface area contributed by atoms with Gasteiger partial charge < -0.3 is 4.74 Å². The lowest BCUT2D eigenvalue weighted by molar-refractivity contribution is 0.0587. The van der Waals surface area contributed by atoms with Crippen molar-refractivity contribution >= 4 is 40.8 Å².